The van der Waals surface area contributed by atoms with Gasteiger partial charge in [0, 0.05) is 39.1 Å². The van der Waals surface area contributed by atoms with E-state index >= 15 is 0 Å². The van der Waals surface area contributed by atoms with Crippen molar-refractivity contribution in [1.29, 1.82) is 0 Å². The van der Waals surface area contributed by atoms with Crippen molar-refractivity contribution in [2.45, 2.75) is 187 Å². The molecule has 6 fully saturated rings. The SMILES string of the molecule is C=C[C@@H]1O[C@H](C=C)[C@@H]2C(=O)N(CCCCCN(Cc3cn(CCOCCO[C@@H]4OC(C(=O)[O-])[C@@H](O[C@H]5OC([CH2-])[C@@H](O)[C@H](O)C5[NH-])[C@H](O)C4O)nn3)C(=O)CCC(=O)NCCOCCCO[C@@H]3OC(C(=O)[O-])[C@@H](O[C@H]4OC([CH2-])[C@@H](O)[C@H](O)C4[NH-])[C@H](O)C3O)C(=O)[C@@H]21.O=S(=O)([O-])O.O=S(=O)([O-])O.O=S(=O)=O.O=S(=O)=O.[Na+].[Na+].[Na+].[Na+].[Na+].[Na+]. The summed E-state index contributed by atoms with van der Waals surface area (Å²) in [5, 5.41) is 118. The van der Waals surface area contributed by atoms with Crippen LogP contribution in [0.3, 0.4) is 0 Å². The number of carbonyl (C=O) groups excluding carboxylic acids is 6. The topological polar surface area (TPSA) is 766 Å². The second-order valence-corrected chi connectivity index (χ2v) is 26.0. The molecule has 13 N–H and O–H groups in total. The minimum absolute atomic E-state index is 0. The van der Waals surface area contributed by atoms with Crippen LogP contribution in [-0.4, -0.2) is 356 Å². The Morgan fingerprint density at radius 3 is 1.42 bits per heavy atom. The van der Waals surface area contributed by atoms with Gasteiger partial charge in [-0.3, -0.25) is 33.2 Å². The number of hydrogen-bond donors (Lipinski definition) is 11. The maximum absolute atomic E-state index is 13.8. The predicted molar refractivity (Wildman–Crippen MR) is 336 cm³/mol. The van der Waals surface area contributed by atoms with Crippen molar-refractivity contribution < 1.29 is 370 Å². The molecule has 49 nitrogen and oxygen atoms in total. The number of carboxylic acid groups (broad SMARTS) is 2. The quantitative estimate of drug-likeness (QED) is 0.00580. The van der Waals surface area contributed by atoms with Gasteiger partial charge < -0.3 is 157 Å². The standard InChI is InChI=1S/C55H82N8O27.6Na.2H2O4S.2O3S/c1-5-28-32-33(29(6-2)86-28)49(75)63(48(32)74)15-9-7-8-14-61(23-27-24-62(60-59-27)16-20-81-21-22-83-55-43(73)41(71)45(47(90-55)51(78)79)88-53-35(57)39(69)37(67)26(4)85-53)31(65)12-11-30(64)58-13-19-80-17-10-18-82-54-42(72)40(70)44(46(89-54)50(76)77)87-52-34(56)38(68)36(66)25(3)84-52;;;;;;;2*1-5(2,3)4;2*1-4(2)3/h5-6,24-26,28-29,32-47,52-57,66-73H,1-4,7-23H2,(H,58,64)(H,76,77)(H,78,79);;;;;;;2*(H2,1,2,3,4);;/q-4;6*+1;;;;/p-4/t25?,26?,28-,29+,32+,33-,34?,35?,36-,37-,38-,39-,40-,41-,42?,43?,44+,45+,46?,47?,52-,53-,54-,55-;;;;;;;;;;/m1........../s1. The Hall–Kier alpha value is -0.220. The van der Waals surface area contributed by atoms with Gasteiger partial charge in [-0.15, -0.1) is 43.5 Å². The number of nitrogens with zero attached hydrogens (tertiary/aromatic N) is 5. The number of carbonyl (C=O) groups is 6. The zero-order valence-electron chi connectivity index (χ0n) is 62.4. The number of unbranched alkanes of at least 4 members (excludes halogenated alkanes) is 2. The van der Waals surface area contributed by atoms with Crippen LogP contribution >= 0.6 is 0 Å². The van der Waals surface area contributed by atoms with Crippen molar-refractivity contribution in [3.05, 3.63) is 62.5 Å². The Kier molecular flexibility index (Phi) is 62.8. The number of aliphatic hydroxyl groups excluding tert-OH is 8. The van der Waals surface area contributed by atoms with Crippen LogP contribution in [0, 0.1) is 25.7 Å². The van der Waals surface area contributed by atoms with E-state index in [0.717, 1.165) is 0 Å². The van der Waals surface area contributed by atoms with Gasteiger partial charge in [-0.2, -0.15) is 0 Å². The number of ether oxygens (including phenoxy) is 11. The summed E-state index contributed by atoms with van der Waals surface area (Å²) >= 11 is 0. The molecule has 6 aliphatic rings. The van der Waals surface area contributed by atoms with Gasteiger partial charge in [0.15, 0.2) is 12.6 Å². The zero-order valence-corrected chi connectivity index (χ0v) is 77.7. The van der Waals surface area contributed by atoms with Crippen LogP contribution in [0.25, 0.3) is 11.5 Å². The minimum atomic E-state index is -4.92. The summed E-state index contributed by atoms with van der Waals surface area (Å²) in [7, 11) is -16.1. The van der Waals surface area contributed by atoms with Crippen molar-refractivity contribution in [3.63, 3.8) is 0 Å². The summed E-state index contributed by atoms with van der Waals surface area (Å²) in [6.45, 7) is 14.6. The van der Waals surface area contributed by atoms with Gasteiger partial charge >= 0.3 is 199 Å². The molecule has 0 radical (unpaired) electrons. The number of likely N-dealkylation sites (tertiary alicyclic amines) is 1. The number of amides is 4. The van der Waals surface area contributed by atoms with Gasteiger partial charge in [0.2, 0.25) is 44.4 Å². The third-order valence-electron chi connectivity index (χ3n) is 15.9. The van der Waals surface area contributed by atoms with Gasteiger partial charge in [0.05, 0.1) is 113 Å². The van der Waals surface area contributed by atoms with Crippen molar-refractivity contribution >= 4 is 77.6 Å². The fourth-order valence-corrected chi connectivity index (χ4v) is 10.9. The molecule has 6 saturated heterocycles. The summed E-state index contributed by atoms with van der Waals surface area (Å²) in [5.41, 5.74) is 16.5. The molecular formula is C55H82N8Na6O41S4-2. The molecule has 0 saturated carbocycles. The van der Waals surface area contributed by atoms with Crippen molar-refractivity contribution in [2.24, 2.45) is 11.8 Å². The Morgan fingerprint density at radius 2 is 1.00 bits per heavy atom. The number of aromatic nitrogens is 3. The third-order valence-corrected chi connectivity index (χ3v) is 15.9. The monoisotopic (exact) mass is 1780 g/mol. The van der Waals surface area contributed by atoms with E-state index in [1.165, 1.54) is 26.6 Å². The van der Waals surface area contributed by atoms with Crippen LogP contribution in [0.4, 0.5) is 0 Å². The molecule has 114 heavy (non-hydrogen) atoms. The van der Waals surface area contributed by atoms with Crippen LogP contribution in [0.1, 0.15) is 44.2 Å². The molecule has 4 amide bonds. The van der Waals surface area contributed by atoms with Crippen molar-refractivity contribution in [3.8, 4) is 0 Å². The van der Waals surface area contributed by atoms with Gasteiger partial charge in [-0.1, -0.05) is 29.4 Å². The predicted octanol–water partition coefficient (Wildman–Crippen LogP) is -29.5. The third kappa shape index (κ3) is 41.5. The van der Waals surface area contributed by atoms with Crippen molar-refractivity contribution in [2.75, 3.05) is 59.3 Å². The summed E-state index contributed by atoms with van der Waals surface area (Å²) in [5.74, 6) is -6.67. The number of fused-ring (bicyclic) bond motifs is 1. The number of aliphatic hydroxyl groups is 8. The molecule has 0 aliphatic carbocycles. The van der Waals surface area contributed by atoms with Crippen LogP contribution in [-0.2, 0) is 136 Å². The van der Waals surface area contributed by atoms with E-state index in [1.54, 1.807) is 6.20 Å². The second kappa shape index (κ2) is 59.6. The molecule has 1 aromatic rings. The number of rotatable bonds is 34. The van der Waals surface area contributed by atoms with E-state index < -0.39 is 213 Å². The molecule has 24 atom stereocenters. The maximum atomic E-state index is 13.8. The summed E-state index contributed by atoms with van der Waals surface area (Å²) in [6, 6.07) is -3.29. The average Bonchev–Trinajstić information content (AvgIpc) is 1.60. The molecule has 0 spiro atoms. The molecule has 7 heterocycles. The molecule has 7 rings (SSSR count). The van der Waals surface area contributed by atoms with Gasteiger partial charge in [-0.25, -0.2) is 21.5 Å². The van der Waals surface area contributed by atoms with Crippen LogP contribution in [0.5, 0.6) is 0 Å². The van der Waals surface area contributed by atoms with E-state index in [0.29, 0.717) is 25.0 Å². The van der Waals surface area contributed by atoms with Gasteiger partial charge in [0.1, 0.15) is 67.1 Å². The molecule has 1 aromatic heterocycles. The molecule has 6 aliphatic heterocycles. The average molecular weight is 1780 g/mol. The van der Waals surface area contributed by atoms with Gasteiger partial charge in [0.25, 0.3) is 0 Å². The Morgan fingerprint density at radius 1 is 0.579 bits per heavy atom. The number of carboxylic acids is 2. The molecule has 0 bridgehead atoms. The van der Waals surface area contributed by atoms with E-state index in [2.05, 4.69) is 42.6 Å². The first-order chi connectivity index (χ1) is 50.3. The Bertz CT molecular complexity index is 3470. The molecule has 620 valence electrons. The molecule has 8 unspecified atom stereocenters. The first kappa shape index (κ1) is 120. The summed E-state index contributed by atoms with van der Waals surface area (Å²) < 4.78 is 178. The molecular weight excluding hydrogens is 1690 g/mol. The Labute approximate surface area is 788 Å². The fourth-order valence-electron chi connectivity index (χ4n) is 10.9. The first-order valence-corrected chi connectivity index (χ1v) is 36.4. The minimum Gasteiger partial charge on any atom is -0.726 e. The fraction of sp³-hybridized carbons (Fsp3) is 0.745. The zero-order chi connectivity index (χ0) is 81.8. The number of aliphatic carboxylic acids is 2. The number of nitrogens with one attached hydrogen (secondary N) is 3. The first-order valence-electron chi connectivity index (χ1n) is 31.7. The maximum Gasteiger partial charge on any atom is 1.00 e. The second-order valence-electron chi connectivity index (χ2n) is 23.5. The number of imide groups is 1. The van der Waals surface area contributed by atoms with E-state index in [4.69, 9.17) is 124 Å². The Balaban J connectivity index is -0.00000227. The summed E-state index contributed by atoms with van der Waals surface area (Å²) in [4.78, 5) is 80.1. The smallest absolute Gasteiger partial charge is 0.726 e. The summed E-state index contributed by atoms with van der Waals surface area (Å²) in [6.07, 6.45) is -26.7. The normalized spacial score (nSPS) is 30.6. The van der Waals surface area contributed by atoms with E-state index in [1.807, 2.05) is 0 Å². The van der Waals surface area contributed by atoms with E-state index in [9.17, 15) is 79.8 Å². The van der Waals surface area contributed by atoms with Crippen LogP contribution in [0.2, 0.25) is 0 Å². The van der Waals surface area contributed by atoms with Gasteiger partial charge in [-0.05, 0) is 37.9 Å². The van der Waals surface area contributed by atoms with Crippen molar-refractivity contribution in [1.82, 2.24) is 30.1 Å². The molecule has 0 aromatic carbocycles. The van der Waals surface area contributed by atoms with Crippen LogP contribution < -0.4 is 193 Å². The number of hydrogen-bond acceptors (Lipinski definition) is 41. The van der Waals surface area contributed by atoms with Crippen LogP contribution in [0.15, 0.2) is 31.5 Å². The largest absolute Gasteiger partial charge is 1.00 e. The van der Waals surface area contributed by atoms with E-state index in [-0.39, 0.29) is 281 Å². The molecule has 59 heteroatoms.